The summed E-state index contributed by atoms with van der Waals surface area (Å²) in [4.78, 5) is 3.33. The van der Waals surface area contributed by atoms with Crippen LogP contribution in [0.25, 0.3) is 10.9 Å². The normalized spacial score (nSPS) is 20.1. The molecule has 1 fully saturated rings. The van der Waals surface area contributed by atoms with Gasteiger partial charge in [-0.25, -0.2) is 0 Å². The molecule has 2 heterocycles. The standard InChI is InChI=1S/C14H18N2S/c1-2-4-14-13(3-1)11(9-16-14)5-7-15-12-6-8-17-10-12/h1-4,9,12,15-16H,5-8,10H2/t12-/m1/s1. The predicted molar refractivity (Wildman–Crippen MR) is 75.7 cm³/mol. The zero-order valence-corrected chi connectivity index (χ0v) is 10.7. The summed E-state index contributed by atoms with van der Waals surface area (Å²) < 4.78 is 0. The first kappa shape index (κ1) is 11.2. The topological polar surface area (TPSA) is 27.8 Å². The summed E-state index contributed by atoms with van der Waals surface area (Å²) in [6, 6.07) is 9.27. The number of para-hydroxylation sites is 1. The SMILES string of the molecule is c1ccc2c(CCN[C@@H]3CCSC3)c[nH]c2c1. The monoisotopic (exact) mass is 246 g/mol. The van der Waals surface area contributed by atoms with Crippen LogP contribution in [0.1, 0.15) is 12.0 Å². The van der Waals surface area contributed by atoms with Crippen molar-refractivity contribution in [2.24, 2.45) is 0 Å². The second-order valence-corrected chi connectivity index (χ2v) is 5.77. The summed E-state index contributed by atoms with van der Waals surface area (Å²) in [6.07, 6.45) is 4.60. The molecule has 1 saturated heterocycles. The van der Waals surface area contributed by atoms with Crippen molar-refractivity contribution in [2.75, 3.05) is 18.1 Å². The number of hydrogen-bond acceptors (Lipinski definition) is 2. The average molecular weight is 246 g/mol. The molecule has 17 heavy (non-hydrogen) atoms. The molecule has 1 aliphatic rings. The van der Waals surface area contributed by atoms with Crippen LogP contribution in [0.4, 0.5) is 0 Å². The largest absolute Gasteiger partial charge is 0.361 e. The van der Waals surface area contributed by atoms with Gasteiger partial charge in [0.25, 0.3) is 0 Å². The molecular formula is C14H18N2S. The molecule has 3 rings (SSSR count). The molecule has 3 heteroatoms. The van der Waals surface area contributed by atoms with E-state index in [4.69, 9.17) is 0 Å². The molecular weight excluding hydrogens is 228 g/mol. The van der Waals surface area contributed by atoms with Crippen LogP contribution in [-0.2, 0) is 6.42 Å². The number of hydrogen-bond donors (Lipinski definition) is 2. The van der Waals surface area contributed by atoms with Crippen molar-refractivity contribution in [3.8, 4) is 0 Å². The number of aromatic amines is 1. The molecule has 1 aliphatic heterocycles. The van der Waals surface area contributed by atoms with Crippen molar-refractivity contribution in [3.63, 3.8) is 0 Å². The number of nitrogens with one attached hydrogen (secondary N) is 2. The summed E-state index contributed by atoms with van der Waals surface area (Å²) in [7, 11) is 0. The maximum atomic E-state index is 3.65. The fourth-order valence-corrected chi connectivity index (χ4v) is 3.63. The van der Waals surface area contributed by atoms with E-state index in [0.717, 1.165) is 19.0 Å². The van der Waals surface area contributed by atoms with E-state index in [9.17, 15) is 0 Å². The molecule has 0 unspecified atom stereocenters. The lowest BCUT2D eigenvalue weighted by molar-refractivity contribution is 0.561. The lowest BCUT2D eigenvalue weighted by Crippen LogP contribution is -2.30. The van der Waals surface area contributed by atoms with E-state index in [1.807, 2.05) is 0 Å². The summed E-state index contributed by atoms with van der Waals surface area (Å²) >= 11 is 2.06. The molecule has 1 aromatic carbocycles. The van der Waals surface area contributed by atoms with E-state index >= 15 is 0 Å². The maximum absolute atomic E-state index is 3.65. The van der Waals surface area contributed by atoms with Crippen LogP contribution in [0.3, 0.4) is 0 Å². The third-order valence-corrected chi connectivity index (χ3v) is 4.59. The van der Waals surface area contributed by atoms with Crippen LogP contribution < -0.4 is 5.32 Å². The number of thioether (sulfide) groups is 1. The lowest BCUT2D eigenvalue weighted by Gasteiger charge is -2.10. The Hall–Kier alpha value is -0.930. The van der Waals surface area contributed by atoms with Crippen LogP contribution in [-0.4, -0.2) is 29.1 Å². The van der Waals surface area contributed by atoms with Crippen LogP contribution in [0, 0.1) is 0 Å². The van der Waals surface area contributed by atoms with Crippen molar-refractivity contribution in [3.05, 3.63) is 36.0 Å². The van der Waals surface area contributed by atoms with E-state index in [1.54, 1.807) is 0 Å². The van der Waals surface area contributed by atoms with Gasteiger partial charge in [0.15, 0.2) is 0 Å². The van der Waals surface area contributed by atoms with Crippen molar-refractivity contribution >= 4 is 22.7 Å². The fourth-order valence-electron chi connectivity index (χ4n) is 2.44. The molecule has 1 atom stereocenters. The number of H-pyrrole nitrogens is 1. The highest BCUT2D eigenvalue weighted by Crippen LogP contribution is 2.19. The first-order valence-corrected chi connectivity index (χ1v) is 7.45. The molecule has 1 aromatic heterocycles. The summed E-state index contributed by atoms with van der Waals surface area (Å²) in [5.41, 5.74) is 2.68. The number of rotatable bonds is 4. The molecule has 2 aromatic rings. The van der Waals surface area contributed by atoms with Gasteiger partial charge in [0, 0.05) is 28.9 Å². The van der Waals surface area contributed by atoms with Gasteiger partial charge in [-0.05, 0) is 36.8 Å². The summed E-state index contributed by atoms with van der Waals surface area (Å²) in [5.74, 6) is 2.61. The van der Waals surface area contributed by atoms with E-state index < -0.39 is 0 Å². The molecule has 0 saturated carbocycles. The van der Waals surface area contributed by atoms with Gasteiger partial charge in [-0.3, -0.25) is 0 Å². The van der Waals surface area contributed by atoms with Gasteiger partial charge in [0.2, 0.25) is 0 Å². The van der Waals surface area contributed by atoms with E-state index in [1.165, 1.54) is 34.4 Å². The Morgan fingerprint density at radius 3 is 3.18 bits per heavy atom. The Morgan fingerprint density at radius 1 is 1.35 bits per heavy atom. The fraction of sp³-hybridized carbons (Fsp3) is 0.429. The molecule has 0 radical (unpaired) electrons. The average Bonchev–Trinajstić information content (AvgIpc) is 2.99. The van der Waals surface area contributed by atoms with Crippen LogP contribution >= 0.6 is 11.8 Å². The minimum atomic E-state index is 0.741. The van der Waals surface area contributed by atoms with E-state index in [-0.39, 0.29) is 0 Å². The highest BCUT2D eigenvalue weighted by molar-refractivity contribution is 7.99. The van der Waals surface area contributed by atoms with E-state index in [0.29, 0.717) is 0 Å². The summed E-state index contributed by atoms with van der Waals surface area (Å²) in [5, 5.41) is 5.02. The van der Waals surface area contributed by atoms with Gasteiger partial charge >= 0.3 is 0 Å². The van der Waals surface area contributed by atoms with Gasteiger partial charge in [-0.15, -0.1) is 0 Å². The minimum Gasteiger partial charge on any atom is -0.361 e. The molecule has 2 N–H and O–H groups in total. The first-order chi connectivity index (χ1) is 8.43. The van der Waals surface area contributed by atoms with Crippen LogP contribution in [0.15, 0.2) is 30.5 Å². The van der Waals surface area contributed by atoms with Crippen molar-refractivity contribution in [1.82, 2.24) is 10.3 Å². The Kier molecular flexibility index (Phi) is 3.39. The molecule has 90 valence electrons. The zero-order valence-electron chi connectivity index (χ0n) is 9.91. The molecule has 0 amide bonds. The predicted octanol–water partition coefficient (Wildman–Crippen LogP) is 2.81. The summed E-state index contributed by atoms with van der Waals surface area (Å²) in [6.45, 7) is 1.09. The third kappa shape index (κ3) is 2.50. The van der Waals surface area contributed by atoms with Gasteiger partial charge < -0.3 is 10.3 Å². The van der Waals surface area contributed by atoms with Crippen molar-refractivity contribution in [2.45, 2.75) is 18.9 Å². The van der Waals surface area contributed by atoms with E-state index in [2.05, 4.69) is 52.5 Å². The van der Waals surface area contributed by atoms with Gasteiger partial charge in [-0.2, -0.15) is 11.8 Å². The number of aromatic nitrogens is 1. The highest BCUT2D eigenvalue weighted by Gasteiger charge is 2.14. The Labute approximate surface area is 106 Å². The van der Waals surface area contributed by atoms with Crippen molar-refractivity contribution in [1.29, 1.82) is 0 Å². The molecule has 0 spiro atoms. The Morgan fingerprint density at radius 2 is 2.29 bits per heavy atom. The third-order valence-electron chi connectivity index (χ3n) is 3.43. The Bertz CT molecular complexity index is 486. The first-order valence-electron chi connectivity index (χ1n) is 6.29. The number of fused-ring (bicyclic) bond motifs is 1. The van der Waals surface area contributed by atoms with Gasteiger partial charge in [0.1, 0.15) is 0 Å². The highest BCUT2D eigenvalue weighted by atomic mass is 32.2. The minimum absolute atomic E-state index is 0.741. The quantitative estimate of drug-likeness (QED) is 0.868. The smallest absolute Gasteiger partial charge is 0.0456 e. The second kappa shape index (κ2) is 5.15. The van der Waals surface area contributed by atoms with Gasteiger partial charge in [-0.1, -0.05) is 18.2 Å². The Balaban J connectivity index is 1.60. The van der Waals surface area contributed by atoms with Crippen LogP contribution in [0.2, 0.25) is 0 Å². The molecule has 0 bridgehead atoms. The molecule has 2 nitrogen and oxygen atoms in total. The van der Waals surface area contributed by atoms with Crippen molar-refractivity contribution < 1.29 is 0 Å². The lowest BCUT2D eigenvalue weighted by atomic mass is 10.1. The second-order valence-electron chi connectivity index (χ2n) is 4.62. The number of benzene rings is 1. The maximum Gasteiger partial charge on any atom is 0.0456 e. The van der Waals surface area contributed by atoms with Gasteiger partial charge in [0.05, 0.1) is 0 Å². The van der Waals surface area contributed by atoms with Crippen LogP contribution in [0.5, 0.6) is 0 Å². The molecule has 0 aliphatic carbocycles. The zero-order chi connectivity index (χ0) is 11.5.